The molecule has 0 spiro atoms. The first-order valence-electron chi connectivity index (χ1n) is 5.40. The molecule has 1 aliphatic rings. The Kier molecular flexibility index (Phi) is 2.91. The Morgan fingerprint density at radius 2 is 2.24 bits per heavy atom. The number of nitrogens with one attached hydrogen (secondary N) is 1. The summed E-state index contributed by atoms with van der Waals surface area (Å²) in [4.78, 5) is 20.5. The highest BCUT2D eigenvalue weighted by molar-refractivity contribution is 7.71. The molecular weight excluding hydrogens is 238 g/mol. The summed E-state index contributed by atoms with van der Waals surface area (Å²) in [6.07, 6.45) is 1.39. The lowest BCUT2D eigenvalue weighted by molar-refractivity contribution is 0.0240. The summed E-state index contributed by atoms with van der Waals surface area (Å²) in [5, 5.41) is 0. The van der Waals surface area contributed by atoms with E-state index in [9.17, 15) is 4.79 Å². The Balaban J connectivity index is 2.10. The van der Waals surface area contributed by atoms with Crippen LogP contribution in [-0.4, -0.2) is 26.6 Å². The number of fused-ring (bicyclic) bond motifs is 1. The molecule has 6 heteroatoms. The molecule has 1 aromatic rings. The fourth-order valence-electron chi connectivity index (χ4n) is 1.64. The third-order valence-electron chi connectivity index (χ3n) is 2.34. The van der Waals surface area contributed by atoms with E-state index in [-0.39, 0.29) is 6.09 Å². The number of aromatic nitrogens is 2. The first-order valence-corrected chi connectivity index (χ1v) is 5.81. The normalized spacial score (nSPS) is 14.6. The number of nitrogens with zero attached hydrogens (tertiary/aromatic N) is 2. The van der Waals surface area contributed by atoms with E-state index in [1.54, 1.807) is 11.1 Å². The number of carbonyl (C=O) groups excluding carboxylic acids is 1. The van der Waals surface area contributed by atoms with Gasteiger partial charge in [-0.3, -0.25) is 4.90 Å². The molecule has 0 fully saturated rings. The zero-order chi connectivity index (χ0) is 12.6. The predicted octanol–water partition coefficient (Wildman–Crippen LogP) is 2.39. The summed E-state index contributed by atoms with van der Waals surface area (Å²) in [5.41, 5.74) is 1.46. The number of H-pyrrole nitrogens is 1. The molecule has 0 unspecified atom stereocenters. The van der Waals surface area contributed by atoms with Crippen LogP contribution in [0.25, 0.3) is 0 Å². The fraction of sp³-hybridized carbons (Fsp3) is 0.545. The standard InChI is InChI=1S/C11H15N3O2S/c1-11(2,3)16-10(15)14-5-7-4-12-9(17)13-8(7)6-14/h4H,5-6H2,1-3H3,(H,12,13,17). The lowest BCUT2D eigenvalue weighted by Gasteiger charge is -2.23. The van der Waals surface area contributed by atoms with Crippen molar-refractivity contribution < 1.29 is 9.53 Å². The van der Waals surface area contributed by atoms with Crippen LogP contribution in [0.5, 0.6) is 0 Å². The largest absolute Gasteiger partial charge is 0.444 e. The van der Waals surface area contributed by atoms with Crippen LogP contribution in [-0.2, 0) is 17.8 Å². The van der Waals surface area contributed by atoms with E-state index in [0.717, 1.165) is 11.3 Å². The molecule has 92 valence electrons. The van der Waals surface area contributed by atoms with Gasteiger partial charge in [-0.15, -0.1) is 0 Å². The summed E-state index contributed by atoms with van der Waals surface area (Å²) in [5.74, 6) is 0. The van der Waals surface area contributed by atoms with E-state index in [1.807, 2.05) is 20.8 Å². The molecule has 0 saturated heterocycles. The van der Waals surface area contributed by atoms with E-state index >= 15 is 0 Å². The van der Waals surface area contributed by atoms with Gasteiger partial charge in [-0.25, -0.2) is 9.78 Å². The fourth-order valence-corrected chi connectivity index (χ4v) is 1.82. The smallest absolute Gasteiger partial charge is 0.410 e. The second-order valence-electron chi connectivity index (χ2n) is 5.03. The van der Waals surface area contributed by atoms with Gasteiger partial charge in [0.25, 0.3) is 0 Å². The molecule has 1 aliphatic heterocycles. The number of hydrogen-bond donors (Lipinski definition) is 1. The topological polar surface area (TPSA) is 58.2 Å². The molecule has 1 N–H and O–H groups in total. The van der Waals surface area contributed by atoms with Crippen molar-refractivity contribution in [2.75, 3.05) is 0 Å². The van der Waals surface area contributed by atoms with Crippen molar-refractivity contribution in [3.05, 3.63) is 22.2 Å². The Labute approximate surface area is 105 Å². The summed E-state index contributed by atoms with van der Waals surface area (Å²) < 4.78 is 5.75. The molecule has 0 saturated carbocycles. The second-order valence-corrected chi connectivity index (χ2v) is 5.42. The summed E-state index contributed by atoms with van der Waals surface area (Å²) >= 11 is 4.94. The Bertz CT molecular complexity index is 504. The van der Waals surface area contributed by atoms with Gasteiger partial charge in [-0.05, 0) is 33.0 Å². The van der Waals surface area contributed by atoms with E-state index in [2.05, 4.69) is 9.97 Å². The number of carbonyl (C=O) groups is 1. The average Bonchev–Trinajstić information content (AvgIpc) is 2.57. The molecule has 0 radical (unpaired) electrons. The quantitative estimate of drug-likeness (QED) is 0.721. The van der Waals surface area contributed by atoms with E-state index in [1.165, 1.54) is 0 Å². The minimum atomic E-state index is -0.475. The minimum Gasteiger partial charge on any atom is -0.444 e. The molecule has 1 aromatic heterocycles. The highest BCUT2D eigenvalue weighted by Gasteiger charge is 2.28. The van der Waals surface area contributed by atoms with Crippen molar-refractivity contribution in [3.63, 3.8) is 0 Å². The van der Waals surface area contributed by atoms with Gasteiger partial charge in [0, 0.05) is 17.5 Å². The van der Waals surface area contributed by atoms with Crippen LogP contribution < -0.4 is 0 Å². The van der Waals surface area contributed by atoms with Gasteiger partial charge in [0.2, 0.25) is 0 Å². The monoisotopic (exact) mass is 253 g/mol. The molecule has 5 nitrogen and oxygen atoms in total. The SMILES string of the molecule is CC(C)(C)OC(=O)N1Cc2cnc(=S)[nH]c2C1. The van der Waals surface area contributed by atoms with Gasteiger partial charge in [-0.2, -0.15) is 0 Å². The lowest BCUT2D eigenvalue weighted by Crippen LogP contribution is -2.33. The number of hydrogen-bond acceptors (Lipinski definition) is 4. The zero-order valence-electron chi connectivity index (χ0n) is 10.1. The number of rotatable bonds is 0. The lowest BCUT2D eigenvalue weighted by atomic mass is 10.2. The highest BCUT2D eigenvalue weighted by Crippen LogP contribution is 2.22. The summed E-state index contributed by atoms with van der Waals surface area (Å²) in [7, 11) is 0. The molecule has 0 atom stereocenters. The van der Waals surface area contributed by atoms with Crippen LogP contribution in [0, 0.1) is 4.77 Å². The van der Waals surface area contributed by atoms with Gasteiger partial charge in [0.15, 0.2) is 4.77 Å². The number of aromatic amines is 1. The Hall–Kier alpha value is -1.43. The Morgan fingerprint density at radius 1 is 1.53 bits per heavy atom. The number of amides is 1. The van der Waals surface area contributed by atoms with Crippen LogP contribution >= 0.6 is 12.2 Å². The molecular formula is C11H15N3O2S. The van der Waals surface area contributed by atoms with Crippen molar-refractivity contribution in [1.29, 1.82) is 0 Å². The van der Waals surface area contributed by atoms with E-state index in [0.29, 0.717) is 17.9 Å². The van der Waals surface area contributed by atoms with E-state index in [4.69, 9.17) is 17.0 Å². The third kappa shape index (κ3) is 2.82. The Morgan fingerprint density at radius 3 is 2.88 bits per heavy atom. The van der Waals surface area contributed by atoms with Crippen molar-refractivity contribution >= 4 is 18.3 Å². The average molecular weight is 253 g/mol. The molecule has 2 rings (SSSR count). The van der Waals surface area contributed by atoms with Crippen LogP contribution in [0.15, 0.2) is 6.20 Å². The second kappa shape index (κ2) is 4.10. The number of ether oxygens (including phenoxy) is 1. The van der Waals surface area contributed by atoms with Gasteiger partial charge in [-0.1, -0.05) is 0 Å². The van der Waals surface area contributed by atoms with Gasteiger partial charge in [0.05, 0.1) is 13.1 Å². The minimum absolute atomic E-state index is 0.312. The van der Waals surface area contributed by atoms with E-state index < -0.39 is 5.60 Å². The highest BCUT2D eigenvalue weighted by atomic mass is 32.1. The third-order valence-corrected chi connectivity index (χ3v) is 2.55. The zero-order valence-corrected chi connectivity index (χ0v) is 10.9. The van der Waals surface area contributed by atoms with Crippen LogP contribution in [0.1, 0.15) is 32.0 Å². The van der Waals surface area contributed by atoms with Crippen LogP contribution in [0.2, 0.25) is 0 Å². The maximum Gasteiger partial charge on any atom is 0.410 e. The summed E-state index contributed by atoms with van der Waals surface area (Å²) in [6.45, 7) is 6.56. The molecule has 1 amide bonds. The van der Waals surface area contributed by atoms with Gasteiger partial charge < -0.3 is 9.72 Å². The molecule has 0 bridgehead atoms. The molecule has 2 heterocycles. The van der Waals surface area contributed by atoms with Gasteiger partial charge in [0.1, 0.15) is 5.60 Å². The summed E-state index contributed by atoms with van der Waals surface area (Å²) in [6, 6.07) is 0. The first-order chi connectivity index (χ1) is 7.85. The van der Waals surface area contributed by atoms with Crippen LogP contribution in [0.3, 0.4) is 0 Å². The first kappa shape index (κ1) is 12.0. The van der Waals surface area contributed by atoms with Gasteiger partial charge >= 0.3 is 6.09 Å². The van der Waals surface area contributed by atoms with Crippen molar-refractivity contribution in [3.8, 4) is 0 Å². The predicted molar refractivity (Wildman–Crippen MR) is 64.9 cm³/mol. The maximum absolute atomic E-state index is 11.9. The molecule has 17 heavy (non-hydrogen) atoms. The van der Waals surface area contributed by atoms with Crippen molar-refractivity contribution in [2.45, 2.75) is 39.5 Å². The van der Waals surface area contributed by atoms with Crippen LogP contribution in [0.4, 0.5) is 4.79 Å². The molecule has 0 aromatic carbocycles. The maximum atomic E-state index is 11.9. The van der Waals surface area contributed by atoms with Crippen molar-refractivity contribution in [2.24, 2.45) is 0 Å². The van der Waals surface area contributed by atoms with Crippen molar-refractivity contribution in [1.82, 2.24) is 14.9 Å². The molecule has 0 aliphatic carbocycles.